The van der Waals surface area contributed by atoms with Crippen molar-refractivity contribution < 1.29 is 59.2 Å². The predicted octanol–water partition coefficient (Wildman–Crippen LogP) is 1.80. The second kappa shape index (κ2) is 12.1. The van der Waals surface area contributed by atoms with Gasteiger partial charge in [0.25, 0.3) is 0 Å². The normalized spacial score (nSPS) is 25.8. The summed E-state index contributed by atoms with van der Waals surface area (Å²) in [6.45, 7) is 2.88. The number of carbonyl (C=O) groups excluding carboxylic acids is 1. The first kappa shape index (κ1) is 31.3. The van der Waals surface area contributed by atoms with Crippen molar-refractivity contribution >= 4 is 16.9 Å². The van der Waals surface area contributed by atoms with Gasteiger partial charge in [0.05, 0.1) is 5.60 Å². The molecular weight excluding hydrogens is 580 g/mol. The standard InChI is InChI=1S/C31H34O13/c1-31(2,40)16-7-3-15(4-8-16)29(39)41-13-21-23(35)25(37)26(38)30(43-21)44-28-24(36)22-19(34)11-18(33)12-20(22)42-27(28)14-5-9-17(32)10-6-14/h3,5-6,9-12,16,21,23,25-26,30,32-35,37-38,40H,4,7-8,13H2,1-2H3/t16-,21-,23-,25-,26+,30-/m0/s1. The van der Waals surface area contributed by atoms with Crippen LogP contribution in [0.15, 0.2) is 57.3 Å². The van der Waals surface area contributed by atoms with Crippen molar-refractivity contribution in [1.82, 2.24) is 0 Å². The largest absolute Gasteiger partial charge is 0.508 e. The molecule has 0 amide bonds. The monoisotopic (exact) mass is 614 g/mol. The summed E-state index contributed by atoms with van der Waals surface area (Å²) >= 11 is 0. The summed E-state index contributed by atoms with van der Waals surface area (Å²) in [4.78, 5) is 26.3. The Labute approximate surface area is 250 Å². The number of ether oxygens (including phenoxy) is 3. The molecule has 3 aromatic rings. The molecular formula is C31H34O13. The smallest absolute Gasteiger partial charge is 0.333 e. The van der Waals surface area contributed by atoms with E-state index >= 15 is 0 Å². The summed E-state index contributed by atoms with van der Waals surface area (Å²) in [6, 6.07) is 7.45. The van der Waals surface area contributed by atoms with E-state index in [1.54, 1.807) is 19.9 Å². The quantitative estimate of drug-likeness (QED) is 0.189. The van der Waals surface area contributed by atoms with E-state index in [4.69, 9.17) is 18.6 Å². The molecule has 6 atom stereocenters. The van der Waals surface area contributed by atoms with Crippen molar-refractivity contribution in [2.75, 3.05) is 6.61 Å². The Morgan fingerprint density at radius 1 is 1.00 bits per heavy atom. The van der Waals surface area contributed by atoms with Gasteiger partial charge in [0.2, 0.25) is 17.5 Å². The second-order valence-electron chi connectivity index (χ2n) is 11.6. The molecule has 1 fully saturated rings. The van der Waals surface area contributed by atoms with E-state index in [0.717, 1.165) is 12.1 Å². The molecule has 1 saturated heterocycles. The lowest BCUT2D eigenvalue weighted by Crippen LogP contribution is -2.60. The molecule has 5 rings (SSSR count). The zero-order valence-corrected chi connectivity index (χ0v) is 23.9. The van der Waals surface area contributed by atoms with Gasteiger partial charge in [0.1, 0.15) is 59.2 Å². The molecule has 0 bridgehead atoms. The number of rotatable bonds is 7. The summed E-state index contributed by atoms with van der Waals surface area (Å²) in [5.41, 5.74) is -1.40. The van der Waals surface area contributed by atoms with Crippen LogP contribution in [0.1, 0.15) is 33.1 Å². The fourth-order valence-corrected chi connectivity index (χ4v) is 5.36. The van der Waals surface area contributed by atoms with Gasteiger partial charge in [-0.1, -0.05) is 6.08 Å². The third-order valence-electron chi connectivity index (χ3n) is 8.00. The molecule has 2 aromatic carbocycles. The number of aliphatic hydroxyl groups excluding tert-OH is 3. The Kier molecular flexibility index (Phi) is 8.60. The van der Waals surface area contributed by atoms with Crippen LogP contribution in [0.3, 0.4) is 0 Å². The van der Waals surface area contributed by atoms with Crippen LogP contribution < -0.4 is 10.2 Å². The molecule has 2 aliphatic rings. The van der Waals surface area contributed by atoms with E-state index in [1.165, 1.54) is 24.3 Å². The first-order valence-electron chi connectivity index (χ1n) is 14.0. The van der Waals surface area contributed by atoms with Crippen molar-refractivity contribution in [3.63, 3.8) is 0 Å². The van der Waals surface area contributed by atoms with Crippen molar-refractivity contribution in [3.05, 3.63) is 58.3 Å². The molecule has 0 unspecified atom stereocenters. The molecule has 1 aliphatic carbocycles. The number of phenols is 3. The highest BCUT2D eigenvalue weighted by Crippen LogP contribution is 2.38. The highest BCUT2D eigenvalue weighted by molar-refractivity contribution is 5.89. The number of hydrogen-bond donors (Lipinski definition) is 7. The summed E-state index contributed by atoms with van der Waals surface area (Å²) in [7, 11) is 0. The number of aliphatic hydroxyl groups is 4. The van der Waals surface area contributed by atoms with Crippen LogP contribution in [0.5, 0.6) is 23.0 Å². The molecule has 0 radical (unpaired) electrons. The Morgan fingerprint density at radius 3 is 2.34 bits per heavy atom. The molecule has 44 heavy (non-hydrogen) atoms. The zero-order valence-electron chi connectivity index (χ0n) is 23.9. The Morgan fingerprint density at radius 2 is 1.70 bits per heavy atom. The number of carbonyl (C=O) groups is 1. The summed E-state index contributed by atoms with van der Waals surface area (Å²) < 4.78 is 22.6. The fourth-order valence-electron chi connectivity index (χ4n) is 5.36. The van der Waals surface area contributed by atoms with Gasteiger partial charge >= 0.3 is 5.97 Å². The maximum absolute atomic E-state index is 13.6. The van der Waals surface area contributed by atoms with Gasteiger partial charge < -0.3 is 54.4 Å². The number of aromatic hydroxyl groups is 3. The predicted molar refractivity (Wildman–Crippen MR) is 153 cm³/mol. The number of phenolic OH excluding ortho intramolecular Hbond substituents is 3. The van der Waals surface area contributed by atoms with Crippen LogP contribution in [0.2, 0.25) is 0 Å². The second-order valence-corrected chi connectivity index (χ2v) is 11.6. The topological polar surface area (TPSA) is 217 Å². The minimum absolute atomic E-state index is 0.0242. The SMILES string of the molecule is CC(C)(O)[C@H]1CC=C(C(=O)OC[C@@H]2O[C@@H](Oc3c(-c4ccc(O)cc4)oc4cc(O)cc(O)c4c3=O)[C@H](O)[C@@H](O)[C@H]2O)CC1. The van der Waals surface area contributed by atoms with Crippen LogP contribution >= 0.6 is 0 Å². The van der Waals surface area contributed by atoms with Gasteiger partial charge in [-0.15, -0.1) is 0 Å². The average Bonchev–Trinajstić information content (AvgIpc) is 2.97. The number of fused-ring (bicyclic) bond motifs is 1. The first-order chi connectivity index (χ1) is 20.7. The Balaban J connectivity index is 1.41. The van der Waals surface area contributed by atoms with E-state index in [-0.39, 0.29) is 39.7 Å². The molecule has 236 valence electrons. The molecule has 7 N–H and O–H groups in total. The van der Waals surface area contributed by atoms with E-state index in [0.29, 0.717) is 24.8 Å². The van der Waals surface area contributed by atoms with Crippen LogP contribution in [0.25, 0.3) is 22.3 Å². The third-order valence-corrected chi connectivity index (χ3v) is 8.00. The maximum Gasteiger partial charge on any atom is 0.333 e. The highest BCUT2D eigenvalue weighted by atomic mass is 16.7. The molecule has 13 heteroatoms. The lowest BCUT2D eigenvalue weighted by atomic mass is 9.79. The molecule has 13 nitrogen and oxygen atoms in total. The van der Waals surface area contributed by atoms with E-state index in [9.17, 15) is 45.3 Å². The van der Waals surface area contributed by atoms with E-state index in [1.807, 2.05) is 0 Å². The van der Waals surface area contributed by atoms with Crippen LogP contribution in [-0.2, 0) is 14.3 Å². The number of hydrogen-bond acceptors (Lipinski definition) is 13. The van der Waals surface area contributed by atoms with Crippen molar-refractivity contribution in [2.45, 2.75) is 69.4 Å². The third kappa shape index (κ3) is 6.23. The minimum atomic E-state index is -1.88. The van der Waals surface area contributed by atoms with Gasteiger partial charge in [0.15, 0.2) is 5.76 Å². The van der Waals surface area contributed by atoms with E-state index in [2.05, 4.69) is 0 Å². The first-order valence-corrected chi connectivity index (χ1v) is 14.0. The number of allylic oxidation sites excluding steroid dienone is 1. The van der Waals surface area contributed by atoms with Crippen molar-refractivity contribution in [3.8, 4) is 34.3 Å². The highest BCUT2D eigenvalue weighted by Gasteiger charge is 2.46. The minimum Gasteiger partial charge on any atom is -0.508 e. The van der Waals surface area contributed by atoms with Gasteiger partial charge in [-0.05, 0) is 63.3 Å². The Bertz CT molecular complexity index is 1620. The lowest BCUT2D eigenvalue weighted by molar-refractivity contribution is -0.278. The zero-order chi connectivity index (χ0) is 31.9. The van der Waals surface area contributed by atoms with Crippen LogP contribution in [0, 0.1) is 5.92 Å². The number of esters is 1. The molecule has 2 heterocycles. The molecule has 0 spiro atoms. The maximum atomic E-state index is 13.6. The molecule has 1 aliphatic heterocycles. The van der Waals surface area contributed by atoms with Gasteiger partial charge in [-0.25, -0.2) is 4.79 Å². The van der Waals surface area contributed by atoms with Crippen LogP contribution in [0.4, 0.5) is 0 Å². The summed E-state index contributed by atoms with van der Waals surface area (Å²) in [5.74, 6) is -2.56. The van der Waals surface area contributed by atoms with Gasteiger partial charge in [0, 0.05) is 23.3 Å². The molecule has 1 aromatic heterocycles. The number of benzene rings is 2. The lowest BCUT2D eigenvalue weighted by Gasteiger charge is -2.40. The Hall–Kier alpha value is -4.14. The van der Waals surface area contributed by atoms with E-state index < -0.39 is 65.8 Å². The van der Waals surface area contributed by atoms with Crippen LogP contribution in [-0.4, -0.2) is 84.6 Å². The summed E-state index contributed by atoms with van der Waals surface area (Å²) in [6.07, 6.45) is -5.48. The van der Waals surface area contributed by atoms with Gasteiger partial charge in [-0.3, -0.25) is 4.79 Å². The average molecular weight is 615 g/mol. The molecule has 0 saturated carbocycles. The fraction of sp³-hybridized carbons (Fsp3) is 0.419. The summed E-state index contributed by atoms with van der Waals surface area (Å²) in [5, 5.41) is 71.8. The van der Waals surface area contributed by atoms with Gasteiger partial charge in [-0.2, -0.15) is 0 Å². The van der Waals surface area contributed by atoms with Crippen molar-refractivity contribution in [2.24, 2.45) is 5.92 Å². The van der Waals surface area contributed by atoms with Crippen molar-refractivity contribution in [1.29, 1.82) is 0 Å².